The van der Waals surface area contributed by atoms with Gasteiger partial charge in [-0.15, -0.1) is 0 Å². The lowest BCUT2D eigenvalue weighted by molar-refractivity contribution is -0.122. The zero-order valence-corrected chi connectivity index (χ0v) is 22.4. The molecule has 2 N–H and O–H groups in total. The van der Waals surface area contributed by atoms with E-state index in [0.717, 1.165) is 47.2 Å². The predicted octanol–water partition coefficient (Wildman–Crippen LogP) is 4.88. The van der Waals surface area contributed by atoms with E-state index in [9.17, 15) is 18.0 Å². The second kappa shape index (κ2) is 11.1. The van der Waals surface area contributed by atoms with Crippen LogP contribution in [0, 0.1) is 12.8 Å². The van der Waals surface area contributed by atoms with Crippen molar-refractivity contribution in [2.24, 2.45) is 5.92 Å². The van der Waals surface area contributed by atoms with Crippen molar-refractivity contribution in [3.63, 3.8) is 0 Å². The Balaban J connectivity index is 1.19. The fourth-order valence-corrected chi connectivity index (χ4v) is 6.07. The van der Waals surface area contributed by atoms with Gasteiger partial charge in [-0.05, 0) is 78.4 Å². The summed E-state index contributed by atoms with van der Waals surface area (Å²) < 4.78 is 23.2. The van der Waals surface area contributed by atoms with Gasteiger partial charge in [0.15, 0.2) is 9.84 Å². The lowest BCUT2D eigenvalue weighted by Crippen LogP contribution is -2.39. The minimum atomic E-state index is -2.89. The Kier molecular flexibility index (Phi) is 7.63. The van der Waals surface area contributed by atoms with E-state index in [1.165, 1.54) is 0 Å². The van der Waals surface area contributed by atoms with E-state index in [4.69, 9.17) is 0 Å². The molecule has 1 saturated heterocycles. The van der Waals surface area contributed by atoms with Gasteiger partial charge in [-0.2, -0.15) is 0 Å². The Morgan fingerprint density at radius 2 is 1.53 bits per heavy atom. The molecule has 3 aromatic carbocycles. The van der Waals surface area contributed by atoms with Crippen molar-refractivity contribution in [3.05, 3.63) is 83.4 Å². The van der Waals surface area contributed by atoms with Gasteiger partial charge < -0.3 is 10.6 Å². The molecule has 1 heterocycles. The molecule has 0 unspecified atom stereocenters. The maximum Gasteiger partial charge on any atom is 0.255 e. The maximum absolute atomic E-state index is 12.8. The normalized spacial score (nSPS) is 17.4. The van der Waals surface area contributed by atoms with Gasteiger partial charge in [-0.1, -0.05) is 36.8 Å². The minimum Gasteiger partial charge on any atom is -0.326 e. The number of rotatable bonds is 7. The molecule has 8 heteroatoms. The molecule has 1 aliphatic heterocycles. The quantitative estimate of drug-likeness (QED) is 0.453. The van der Waals surface area contributed by atoms with Crippen LogP contribution in [0.25, 0.3) is 11.1 Å². The van der Waals surface area contributed by atoms with Crippen LogP contribution in [0.5, 0.6) is 0 Å². The summed E-state index contributed by atoms with van der Waals surface area (Å²) in [5.41, 5.74) is 6.22. The van der Waals surface area contributed by atoms with Crippen molar-refractivity contribution >= 4 is 33.0 Å². The second-order valence-corrected chi connectivity index (χ2v) is 12.6. The molecule has 38 heavy (non-hydrogen) atoms. The van der Waals surface area contributed by atoms with E-state index in [2.05, 4.69) is 15.5 Å². The lowest BCUT2D eigenvalue weighted by Gasteiger charge is -2.26. The second-order valence-electron chi connectivity index (χ2n) is 10.3. The standard InChI is InChI=1S/C30H33N3O4S/c1-21-5-12-27(32-29(34)24-3-2-4-24)19-28(21)23-8-10-25(11-9-23)30(35)31-26-13-6-22(7-14-26)20-33-15-17-38(36,37)18-16-33/h5-14,19,24H,2-4,15-18,20H2,1H3,(H,31,35)(H,32,34). The number of hydrogen-bond donors (Lipinski definition) is 2. The van der Waals surface area contributed by atoms with Gasteiger partial charge in [0.05, 0.1) is 11.5 Å². The van der Waals surface area contributed by atoms with Crippen LogP contribution < -0.4 is 10.6 Å². The third kappa shape index (κ3) is 6.31. The number of nitrogens with one attached hydrogen (secondary N) is 2. The van der Waals surface area contributed by atoms with Crippen LogP contribution in [0.1, 0.15) is 40.7 Å². The molecule has 0 bridgehead atoms. The van der Waals surface area contributed by atoms with Crippen LogP contribution in [0.15, 0.2) is 66.7 Å². The van der Waals surface area contributed by atoms with Gasteiger partial charge in [0.1, 0.15) is 0 Å². The number of benzene rings is 3. The third-order valence-corrected chi connectivity index (χ3v) is 9.10. The molecule has 198 valence electrons. The first-order valence-electron chi connectivity index (χ1n) is 13.1. The zero-order valence-electron chi connectivity index (χ0n) is 21.6. The van der Waals surface area contributed by atoms with Gasteiger partial charge in [0.2, 0.25) is 5.91 Å². The number of amides is 2. The molecule has 2 fully saturated rings. The highest BCUT2D eigenvalue weighted by atomic mass is 32.2. The van der Waals surface area contributed by atoms with Crippen molar-refractivity contribution < 1.29 is 18.0 Å². The number of nitrogens with zero attached hydrogens (tertiary/aromatic N) is 1. The first kappa shape index (κ1) is 26.1. The number of carbonyl (C=O) groups is 2. The van der Waals surface area contributed by atoms with Crippen molar-refractivity contribution in [1.82, 2.24) is 4.90 Å². The first-order chi connectivity index (χ1) is 18.3. The molecule has 5 rings (SSSR count). The maximum atomic E-state index is 12.8. The first-order valence-corrected chi connectivity index (χ1v) is 14.9. The highest BCUT2D eigenvalue weighted by molar-refractivity contribution is 7.91. The molecule has 0 aromatic heterocycles. The molecule has 2 aliphatic rings. The number of hydrogen-bond acceptors (Lipinski definition) is 5. The average Bonchev–Trinajstić information content (AvgIpc) is 2.86. The minimum absolute atomic E-state index is 0.0908. The summed E-state index contributed by atoms with van der Waals surface area (Å²) in [6, 6.07) is 21.1. The Bertz CT molecular complexity index is 1420. The van der Waals surface area contributed by atoms with Crippen LogP contribution in [0.3, 0.4) is 0 Å². The van der Waals surface area contributed by atoms with Gasteiger partial charge in [-0.25, -0.2) is 8.42 Å². The Hall–Kier alpha value is -3.49. The van der Waals surface area contributed by atoms with E-state index in [-0.39, 0.29) is 29.2 Å². The van der Waals surface area contributed by atoms with Crippen molar-refractivity contribution in [1.29, 1.82) is 0 Å². The van der Waals surface area contributed by atoms with Crippen molar-refractivity contribution in [3.8, 4) is 11.1 Å². The summed E-state index contributed by atoms with van der Waals surface area (Å²) in [5, 5.41) is 5.98. The third-order valence-electron chi connectivity index (χ3n) is 7.49. The summed E-state index contributed by atoms with van der Waals surface area (Å²) in [6.07, 6.45) is 3.05. The van der Waals surface area contributed by atoms with Gasteiger partial charge >= 0.3 is 0 Å². The fourth-order valence-electron chi connectivity index (χ4n) is 4.79. The van der Waals surface area contributed by atoms with Crippen LogP contribution >= 0.6 is 0 Å². The van der Waals surface area contributed by atoms with Gasteiger partial charge in [-0.3, -0.25) is 14.5 Å². The predicted molar refractivity (Wildman–Crippen MR) is 151 cm³/mol. The topological polar surface area (TPSA) is 95.6 Å². The van der Waals surface area contributed by atoms with E-state index in [1.54, 1.807) is 0 Å². The summed E-state index contributed by atoms with van der Waals surface area (Å²) in [6.45, 7) is 3.83. The van der Waals surface area contributed by atoms with Gasteiger partial charge in [0.25, 0.3) is 5.91 Å². The van der Waals surface area contributed by atoms with E-state index >= 15 is 0 Å². The smallest absolute Gasteiger partial charge is 0.255 e. The molecular weight excluding hydrogens is 498 g/mol. The SMILES string of the molecule is Cc1ccc(NC(=O)C2CCC2)cc1-c1ccc(C(=O)Nc2ccc(CN3CCS(=O)(=O)CC3)cc2)cc1. The largest absolute Gasteiger partial charge is 0.326 e. The molecule has 0 radical (unpaired) electrons. The lowest BCUT2D eigenvalue weighted by atomic mass is 9.85. The number of sulfone groups is 1. The molecular formula is C30H33N3O4S. The Morgan fingerprint density at radius 3 is 2.16 bits per heavy atom. The molecule has 1 aliphatic carbocycles. The number of anilines is 2. The van der Waals surface area contributed by atoms with Crippen molar-refractivity contribution in [2.45, 2.75) is 32.7 Å². The summed E-state index contributed by atoms with van der Waals surface area (Å²) in [5.74, 6) is 0.450. The van der Waals surface area contributed by atoms with Crippen LogP contribution in [-0.4, -0.2) is 49.7 Å². The van der Waals surface area contributed by atoms with E-state index in [0.29, 0.717) is 30.9 Å². The number of carbonyl (C=O) groups excluding carboxylic acids is 2. The molecule has 2 amide bonds. The summed E-state index contributed by atoms with van der Waals surface area (Å²) in [7, 11) is -2.89. The zero-order chi connectivity index (χ0) is 26.7. The van der Waals surface area contributed by atoms with Crippen LogP contribution in [0.4, 0.5) is 11.4 Å². The Morgan fingerprint density at radius 1 is 0.868 bits per heavy atom. The number of aryl methyl sites for hydroxylation is 1. The molecule has 7 nitrogen and oxygen atoms in total. The highest BCUT2D eigenvalue weighted by Crippen LogP contribution is 2.30. The Labute approximate surface area is 224 Å². The fraction of sp³-hybridized carbons (Fsp3) is 0.333. The van der Waals surface area contributed by atoms with Gasteiger partial charge in [0, 0.05) is 42.5 Å². The van der Waals surface area contributed by atoms with Crippen LogP contribution in [0.2, 0.25) is 0 Å². The molecule has 0 atom stereocenters. The summed E-state index contributed by atoms with van der Waals surface area (Å²) >= 11 is 0. The van der Waals surface area contributed by atoms with Crippen LogP contribution in [-0.2, 0) is 21.2 Å². The van der Waals surface area contributed by atoms with E-state index < -0.39 is 9.84 Å². The molecule has 3 aromatic rings. The monoisotopic (exact) mass is 531 g/mol. The molecule has 0 spiro atoms. The highest BCUT2D eigenvalue weighted by Gasteiger charge is 2.25. The van der Waals surface area contributed by atoms with E-state index in [1.807, 2.05) is 73.7 Å². The van der Waals surface area contributed by atoms with Crippen molar-refractivity contribution in [2.75, 3.05) is 35.2 Å². The summed E-state index contributed by atoms with van der Waals surface area (Å²) in [4.78, 5) is 27.3. The average molecular weight is 532 g/mol. The molecule has 1 saturated carbocycles.